The smallest absolute Gasteiger partial charge is 0.239 e. The second-order valence-electron chi connectivity index (χ2n) is 2.45. The fourth-order valence-corrected chi connectivity index (χ4v) is 1.79. The van der Waals surface area contributed by atoms with Gasteiger partial charge in [-0.3, -0.25) is 15.1 Å². The number of nitrogens with two attached hydrogens (primary N) is 1. The lowest BCUT2D eigenvalue weighted by Crippen LogP contribution is -2.32. The Hall–Kier alpha value is -1.08. The highest BCUT2D eigenvalue weighted by Gasteiger charge is 2.26. The van der Waals surface area contributed by atoms with Crippen molar-refractivity contribution in [3.05, 3.63) is 12.7 Å². The monoisotopic (exact) mass is 230 g/mol. The SMILES string of the molecule is C=CCN1C(=O)CS/C1=N/NC(N)=S. The highest BCUT2D eigenvalue weighted by atomic mass is 32.2. The maximum absolute atomic E-state index is 11.3. The van der Waals surface area contributed by atoms with Crippen molar-refractivity contribution in [1.82, 2.24) is 10.3 Å². The van der Waals surface area contributed by atoms with Gasteiger partial charge in [0.1, 0.15) is 0 Å². The van der Waals surface area contributed by atoms with Gasteiger partial charge < -0.3 is 5.73 Å². The Labute approximate surface area is 91.4 Å². The molecular weight excluding hydrogens is 220 g/mol. The fourth-order valence-electron chi connectivity index (χ4n) is 0.893. The van der Waals surface area contributed by atoms with E-state index in [1.54, 1.807) is 6.08 Å². The van der Waals surface area contributed by atoms with Crippen LogP contribution in [0.4, 0.5) is 0 Å². The molecule has 0 radical (unpaired) electrons. The Kier molecular flexibility index (Phi) is 3.90. The molecular formula is C7H10N4OS2. The summed E-state index contributed by atoms with van der Waals surface area (Å²) in [5.41, 5.74) is 7.65. The van der Waals surface area contributed by atoms with E-state index in [1.165, 1.54) is 16.7 Å². The van der Waals surface area contributed by atoms with Crippen molar-refractivity contribution in [3.8, 4) is 0 Å². The first-order valence-corrected chi connectivity index (χ1v) is 5.21. The number of amides is 1. The molecule has 0 atom stereocenters. The number of thioether (sulfide) groups is 1. The quantitative estimate of drug-likeness (QED) is 0.401. The molecule has 0 unspecified atom stereocenters. The number of nitrogens with zero attached hydrogens (tertiary/aromatic N) is 2. The van der Waals surface area contributed by atoms with E-state index in [2.05, 4.69) is 29.3 Å². The van der Waals surface area contributed by atoms with Gasteiger partial charge in [0.05, 0.1) is 5.75 Å². The second kappa shape index (κ2) is 4.97. The first kappa shape index (κ1) is 11.0. The maximum Gasteiger partial charge on any atom is 0.239 e. The van der Waals surface area contributed by atoms with Crippen LogP contribution >= 0.6 is 24.0 Å². The zero-order valence-corrected chi connectivity index (χ0v) is 9.03. The normalized spacial score (nSPS) is 18.7. The number of hydrazone groups is 1. The van der Waals surface area contributed by atoms with Crippen LogP contribution in [0.25, 0.3) is 0 Å². The fraction of sp³-hybridized carbons (Fsp3) is 0.286. The van der Waals surface area contributed by atoms with Gasteiger partial charge in [0, 0.05) is 6.54 Å². The van der Waals surface area contributed by atoms with Crippen LogP contribution in [0.1, 0.15) is 0 Å². The Morgan fingerprint density at radius 1 is 1.93 bits per heavy atom. The summed E-state index contributed by atoms with van der Waals surface area (Å²) in [4.78, 5) is 12.8. The van der Waals surface area contributed by atoms with Crippen molar-refractivity contribution in [2.75, 3.05) is 12.3 Å². The minimum atomic E-state index is 0.0124. The number of rotatable bonds is 3. The molecule has 0 saturated carbocycles. The van der Waals surface area contributed by atoms with Crippen LogP contribution in [0.5, 0.6) is 0 Å². The molecule has 1 aliphatic rings. The molecule has 1 aliphatic heterocycles. The molecule has 5 nitrogen and oxygen atoms in total. The van der Waals surface area contributed by atoms with E-state index in [-0.39, 0.29) is 11.0 Å². The third kappa shape index (κ3) is 2.71. The third-order valence-electron chi connectivity index (χ3n) is 1.43. The van der Waals surface area contributed by atoms with Gasteiger partial charge in [0.2, 0.25) is 5.91 Å². The number of carbonyl (C=O) groups excluding carboxylic acids is 1. The molecule has 1 heterocycles. The van der Waals surface area contributed by atoms with Gasteiger partial charge in [-0.1, -0.05) is 17.8 Å². The summed E-state index contributed by atoms with van der Waals surface area (Å²) in [6.07, 6.45) is 1.64. The van der Waals surface area contributed by atoms with Crippen LogP contribution in [0.15, 0.2) is 17.8 Å². The third-order valence-corrected chi connectivity index (χ3v) is 2.48. The summed E-state index contributed by atoms with van der Waals surface area (Å²) in [5.74, 6) is 0.407. The van der Waals surface area contributed by atoms with E-state index < -0.39 is 0 Å². The number of hydrogen-bond acceptors (Lipinski definition) is 4. The van der Waals surface area contributed by atoms with Crippen molar-refractivity contribution in [2.24, 2.45) is 10.8 Å². The molecule has 1 fully saturated rings. The van der Waals surface area contributed by atoms with Crippen LogP contribution in [-0.4, -0.2) is 33.4 Å². The summed E-state index contributed by atoms with van der Waals surface area (Å²) < 4.78 is 0. The van der Waals surface area contributed by atoms with Gasteiger partial charge in [-0.05, 0) is 12.2 Å². The summed E-state index contributed by atoms with van der Waals surface area (Å²) in [7, 11) is 0. The molecule has 0 aromatic carbocycles. The molecule has 1 amide bonds. The van der Waals surface area contributed by atoms with E-state index in [4.69, 9.17) is 5.73 Å². The van der Waals surface area contributed by atoms with Crippen molar-refractivity contribution >= 4 is 40.2 Å². The average Bonchev–Trinajstić information content (AvgIpc) is 2.46. The lowest BCUT2D eigenvalue weighted by Gasteiger charge is -2.12. The van der Waals surface area contributed by atoms with Crippen molar-refractivity contribution < 1.29 is 4.79 Å². The average molecular weight is 230 g/mol. The molecule has 0 spiro atoms. The van der Waals surface area contributed by atoms with E-state index >= 15 is 0 Å². The molecule has 0 bridgehead atoms. The number of nitrogens with one attached hydrogen (secondary N) is 1. The van der Waals surface area contributed by atoms with Crippen LogP contribution in [0.3, 0.4) is 0 Å². The zero-order valence-electron chi connectivity index (χ0n) is 7.40. The van der Waals surface area contributed by atoms with Gasteiger partial charge in [0.25, 0.3) is 0 Å². The summed E-state index contributed by atoms with van der Waals surface area (Å²) in [6, 6.07) is 0. The molecule has 1 rings (SSSR count). The highest BCUT2D eigenvalue weighted by Crippen LogP contribution is 2.18. The number of carbonyl (C=O) groups is 1. The molecule has 0 aromatic heterocycles. The maximum atomic E-state index is 11.3. The lowest BCUT2D eigenvalue weighted by atomic mass is 10.5. The van der Waals surface area contributed by atoms with Gasteiger partial charge in [-0.15, -0.1) is 11.7 Å². The van der Waals surface area contributed by atoms with Crippen LogP contribution in [0.2, 0.25) is 0 Å². The zero-order chi connectivity index (χ0) is 10.6. The first-order valence-electron chi connectivity index (χ1n) is 3.82. The Bertz CT molecular complexity index is 302. The Morgan fingerprint density at radius 3 is 3.21 bits per heavy atom. The standard InChI is InChI=1S/C7H10N4OS2/c1-2-3-11-5(12)4-14-7(11)10-9-6(8)13/h2H,1,3-4H2,(H3,8,9,13)/b10-7+. The predicted molar refractivity (Wildman–Crippen MR) is 61.7 cm³/mol. The molecule has 14 heavy (non-hydrogen) atoms. The van der Waals surface area contributed by atoms with Crippen molar-refractivity contribution in [1.29, 1.82) is 0 Å². The number of amidine groups is 1. The highest BCUT2D eigenvalue weighted by molar-refractivity contribution is 8.15. The Morgan fingerprint density at radius 2 is 2.64 bits per heavy atom. The number of thiocarbonyl (C=S) groups is 1. The molecule has 76 valence electrons. The van der Waals surface area contributed by atoms with Crippen LogP contribution in [0, 0.1) is 0 Å². The molecule has 0 aromatic rings. The minimum Gasteiger partial charge on any atom is -0.375 e. The van der Waals surface area contributed by atoms with Crippen molar-refractivity contribution in [2.45, 2.75) is 0 Å². The van der Waals surface area contributed by atoms with Crippen molar-refractivity contribution in [3.63, 3.8) is 0 Å². The van der Waals surface area contributed by atoms with Gasteiger partial charge >= 0.3 is 0 Å². The summed E-state index contributed by atoms with van der Waals surface area (Å²) in [5, 5.41) is 4.55. The van der Waals surface area contributed by atoms with E-state index in [1.807, 2.05) is 0 Å². The minimum absolute atomic E-state index is 0.0124. The second-order valence-corrected chi connectivity index (χ2v) is 3.83. The largest absolute Gasteiger partial charge is 0.375 e. The van der Waals surface area contributed by atoms with Crippen LogP contribution in [-0.2, 0) is 4.79 Å². The van der Waals surface area contributed by atoms with Crippen LogP contribution < -0.4 is 11.2 Å². The lowest BCUT2D eigenvalue weighted by molar-refractivity contribution is -0.123. The Balaban J connectivity index is 2.67. The molecule has 3 N–H and O–H groups in total. The topological polar surface area (TPSA) is 70.7 Å². The number of hydrogen-bond donors (Lipinski definition) is 2. The van der Waals surface area contributed by atoms with E-state index in [0.29, 0.717) is 17.5 Å². The van der Waals surface area contributed by atoms with E-state index in [0.717, 1.165) is 0 Å². The molecule has 1 saturated heterocycles. The summed E-state index contributed by atoms with van der Waals surface area (Å²) >= 11 is 5.93. The first-order chi connectivity index (χ1) is 6.65. The van der Waals surface area contributed by atoms with Gasteiger partial charge in [-0.2, -0.15) is 0 Å². The predicted octanol–water partition coefficient (Wildman–Crippen LogP) is -0.148. The van der Waals surface area contributed by atoms with Gasteiger partial charge in [0.15, 0.2) is 10.3 Å². The molecule has 0 aliphatic carbocycles. The van der Waals surface area contributed by atoms with Gasteiger partial charge in [-0.25, -0.2) is 0 Å². The molecule has 7 heteroatoms. The van der Waals surface area contributed by atoms with E-state index in [9.17, 15) is 4.79 Å². The summed E-state index contributed by atoms with van der Waals surface area (Å²) in [6.45, 7) is 4.01.